The molecule has 98 valence electrons. The summed E-state index contributed by atoms with van der Waals surface area (Å²) in [4.78, 5) is 11.8. The quantitative estimate of drug-likeness (QED) is 0.805. The number of anilines is 2. The third-order valence-corrected chi connectivity index (χ3v) is 2.75. The van der Waals surface area contributed by atoms with Crippen molar-refractivity contribution in [2.45, 2.75) is 0 Å². The second-order valence-corrected chi connectivity index (χ2v) is 4.10. The van der Waals surface area contributed by atoms with E-state index in [-0.39, 0.29) is 5.69 Å². The molecule has 2 amide bonds. The topological polar surface area (TPSA) is 32.3 Å². The first-order valence-electron chi connectivity index (χ1n) is 5.38. The minimum absolute atomic E-state index is 0.127. The summed E-state index contributed by atoms with van der Waals surface area (Å²) in [5.74, 6) is -1.58. The Morgan fingerprint density at radius 2 is 1.79 bits per heavy atom. The Labute approximate surface area is 114 Å². The van der Waals surface area contributed by atoms with Crippen molar-refractivity contribution in [3.05, 3.63) is 60.2 Å². The molecule has 0 heterocycles. The fourth-order valence-corrected chi connectivity index (χ4v) is 1.67. The monoisotopic (exact) mass is 280 g/mol. The minimum atomic E-state index is -0.863. The lowest BCUT2D eigenvalue weighted by molar-refractivity contribution is 0.260. The molecule has 3 nitrogen and oxygen atoms in total. The largest absolute Gasteiger partial charge is 0.336 e. The molecule has 6 heteroatoms. The Balaban J connectivity index is 2.15. The highest BCUT2D eigenvalue weighted by Gasteiger charge is 2.16. The zero-order valence-corrected chi connectivity index (χ0v) is 10.6. The Hall–Kier alpha value is -2.08. The van der Waals surface area contributed by atoms with Gasteiger partial charge in [-0.2, -0.15) is 0 Å². The number of halogens is 2. The van der Waals surface area contributed by atoms with Crippen LogP contribution in [0.3, 0.4) is 0 Å². The number of rotatable bonds is 2. The molecular formula is C13H10F2N2OS. The molecule has 0 aromatic heterocycles. The standard InChI is InChI=1S/C13H10F2N2OS/c14-9-6-7-12(11(15)8-9)17(19)13(18)16-10-4-2-1-3-5-10/h1-8,19H,(H,16,18). The lowest BCUT2D eigenvalue weighted by Gasteiger charge is -2.17. The van der Waals surface area contributed by atoms with Gasteiger partial charge in [0.1, 0.15) is 5.82 Å². The van der Waals surface area contributed by atoms with Crippen molar-refractivity contribution in [1.82, 2.24) is 0 Å². The molecule has 19 heavy (non-hydrogen) atoms. The number of benzene rings is 2. The van der Waals surface area contributed by atoms with Crippen LogP contribution < -0.4 is 9.62 Å². The van der Waals surface area contributed by atoms with Gasteiger partial charge in [0.25, 0.3) is 0 Å². The van der Waals surface area contributed by atoms with Gasteiger partial charge in [0.15, 0.2) is 5.82 Å². The van der Waals surface area contributed by atoms with Crippen molar-refractivity contribution in [3.8, 4) is 0 Å². The van der Waals surface area contributed by atoms with Crippen molar-refractivity contribution in [2.24, 2.45) is 0 Å². The van der Waals surface area contributed by atoms with Gasteiger partial charge in [-0.15, -0.1) is 0 Å². The van der Waals surface area contributed by atoms with Crippen LogP contribution in [-0.4, -0.2) is 6.03 Å². The molecule has 0 aliphatic carbocycles. The lowest BCUT2D eigenvalue weighted by Crippen LogP contribution is -2.27. The Kier molecular flexibility index (Phi) is 4.01. The van der Waals surface area contributed by atoms with E-state index < -0.39 is 17.7 Å². The fourth-order valence-electron chi connectivity index (χ4n) is 1.46. The number of carbonyl (C=O) groups is 1. The van der Waals surface area contributed by atoms with Crippen molar-refractivity contribution < 1.29 is 13.6 Å². The summed E-state index contributed by atoms with van der Waals surface area (Å²) < 4.78 is 27.0. The molecule has 0 bridgehead atoms. The van der Waals surface area contributed by atoms with Crippen LogP contribution in [0.2, 0.25) is 0 Å². The van der Waals surface area contributed by atoms with Gasteiger partial charge in [0, 0.05) is 11.8 Å². The van der Waals surface area contributed by atoms with E-state index in [1.54, 1.807) is 30.3 Å². The maximum atomic E-state index is 13.5. The van der Waals surface area contributed by atoms with E-state index in [4.69, 9.17) is 0 Å². The smallest absolute Gasteiger partial charge is 0.307 e. The van der Waals surface area contributed by atoms with Gasteiger partial charge >= 0.3 is 6.03 Å². The fraction of sp³-hybridized carbons (Fsp3) is 0. The number of thiol groups is 1. The molecule has 0 unspecified atom stereocenters. The third kappa shape index (κ3) is 3.23. The minimum Gasteiger partial charge on any atom is -0.307 e. The summed E-state index contributed by atoms with van der Waals surface area (Å²) in [7, 11) is 0. The van der Waals surface area contributed by atoms with Crippen molar-refractivity contribution in [3.63, 3.8) is 0 Å². The van der Waals surface area contributed by atoms with Gasteiger partial charge in [0.05, 0.1) is 5.69 Å². The predicted molar refractivity (Wildman–Crippen MR) is 73.3 cm³/mol. The molecule has 0 saturated carbocycles. The van der Waals surface area contributed by atoms with Gasteiger partial charge in [0.2, 0.25) is 0 Å². The van der Waals surface area contributed by atoms with Crippen LogP contribution in [0.4, 0.5) is 25.0 Å². The molecule has 1 N–H and O–H groups in total. The average Bonchev–Trinajstić information content (AvgIpc) is 2.39. The summed E-state index contributed by atoms with van der Waals surface area (Å²) in [6, 6.07) is 10.9. The van der Waals surface area contributed by atoms with Crippen LogP contribution in [0, 0.1) is 11.6 Å². The van der Waals surface area contributed by atoms with Gasteiger partial charge in [-0.3, -0.25) is 0 Å². The zero-order chi connectivity index (χ0) is 13.8. The van der Waals surface area contributed by atoms with E-state index in [2.05, 4.69) is 18.1 Å². The third-order valence-electron chi connectivity index (χ3n) is 2.36. The highest BCUT2D eigenvalue weighted by atomic mass is 32.1. The number of hydrogen-bond acceptors (Lipinski definition) is 2. The molecule has 0 aliphatic heterocycles. The maximum absolute atomic E-state index is 13.5. The van der Waals surface area contributed by atoms with Crippen molar-refractivity contribution >= 4 is 30.2 Å². The first-order chi connectivity index (χ1) is 9.08. The van der Waals surface area contributed by atoms with Crippen LogP contribution in [0.1, 0.15) is 0 Å². The molecule has 0 atom stereocenters. The summed E-state index contributed by atoms with van der Waals surface area (Å²) in [5.41, 5.74) is 0.423. The second-order valence-electron chi connectivity index (χ2n) is 3.70. The molecule has 0 radical (unpaired) electrons. The van der Waals surface area contributed by atoms with Gasteiger partial charge in [-0.05, 0) is 24.3 Å². The van der Waals surface area contributed by atoms with Crippen molar-refractivity contribution in [1.29, 1.82) is 0 Å². The normalized spacial score (nSPS) is 10.1. The lowest BCUT2D eigenvalue weighted by atomic mass is 10.3. The Bertz CT molecular complexity index is 592. The Morgan fingerprint density at radius 1 is 1.11 bits per heavy atom. The van der Waals surface area contributed by atoms with Crippen LogP contribution in [0.15, 0.2) is 48.5 Å². The van der Waals surface area contributed by atoms with Gasteiger partial charge < -0.3 is 5.32 Å². The zero-order valence-electron chi connectivity index (χ0n) is 9.68. The SMILES string of the molecule is O=C(Nc1ccccc1)N(S)c1ccc(F)cc1F. The van der Waals surface area contributed by atoms with Crippen LogP contribution in [-0.2, 0) is 0 Å². The molecule has 0 aliphatic rings. The Morgan fingerprint density at radius 3 is 2.42 bits per heavy atom. The first-order valence-corrected chi connectivity index (χ1v) is 5.78. The highest BCUT2D eigenvalue weighted by molar-refractivity contribution is 7.82. The van der Waals surface area contributed by atoms with Crippen LogP contribution >= 0.6 is 12.8 Å². The number of para-hydroxylation sites is 1. The highest BCUT2D eigenvalue weighted by Crippen LogP contribution is 2.22. The molecule has 2 aromatic carbocycles. The second kappa shape index (κ2) is 5.71. The van der Waals surface area contributed by atoms with E-state index in [1.807, 2.05) is 0 Å². The van der Waals surface area contributed by atoms with E-state index in [0.29, 0.717) is 11.8 Å². The van der Waals surface area contributed by atoms with Crippen LogP contribution in [0.25, 0.3) is 0 Å². The molecular weight excluding hydrogens is 270 g/mol. The number of nitrogens with zero attached hydrogens (tertiary/aromatic N) is 1. The molecule has 0 spiro atoms. The van der Waals surface area contributed by atoms with E-state index in [0.717, 1.165) is 16.4 Å². The first kappa shape index (κ1) is 13.4. The number of amides is 2. The molecule has 2 aromatic rings. The number of urea groups is 1. The number of hydrogen-bond donors (Lipinski definition) is 2. The summed E-state index contributed by atoms with van der Waals surface area (Å²) in [5, 5.41) is 2.53. The summed E-state index contributed by atoms with van der Waals surface area (Å²) in [6.07, 6.45) is 0. The predicted octanol–water partition coefficient (Wildman–Crippen LogP) is 3.85. The summed E-state index contributed by atoms with van der Waals surface area (Å²) in [6.45, 7) is 0. The van der Waals surface area contributed by atoms with Crippen LogP contribution in [0.5, 0.6) is 0 Å². The average molecular weight is 280 g/mol. The number of nitrogens with one attached hydrogen (secondary N) is 1. The van der Waals surface area contributed by atoms with E-state index >= 15 is 0 Å². The molecule has 0 fully saturated rings. The van der Waals surface area contributed by atoms with E-state index in [9.17, 15) is 13.6 Å². The molecule has 2 rings (SSSR count). The van der Waals surface area contributed by atoms with Gasteiger partial charge in [-0.25, -0.2) is 17.9 Å². The summed E-state index contributed by atoms with van der Waals surface area (Å²) >= 11 is 3.91. The number of carbonyl (C=O) groups excluding carboxylic acids is 1. The van der Waals surface area contributed by atoms with Crippen molar-refractivity contribution in [2.75, 3.05) is 9.62 Å². The maximum Gasteiger partial charge on any atom is 0.336 e. The van der Waals surface area contributed by atoms with Gasteiger partial charge in [-0.1, -0.05) is 31.0 Å². The molecule has 0 saturated heterocycles. The van der Waals surface area contributed by atoms with E-state index in [1.165, 1.54) is 0 Å².